The fourth-order valence-corrected chi connectivity index (χ4v) is 3.29. The molecule has 21 heavy (non-hydrogen) atoms. The van der Waals surface area contributed by atoms with E-state index in [-0.39, 0.29) is 5.91 Å². The van der Waals surface area contributed by atoms with Crippen molar-refractivity contribution in [3.05, 3.63) is 63.1 Å². The first-order valence-electron chi connectivity index (χ1n) is 6.77. The molecule has 0 spiro atoms. The molecule has 2 nitrogen and oxygen atoms in total. The van der Waals surface area contributed by atoms with Crippen LogP contribution >= 0.6 is 23.2 Å². The van der Waals surface area contributed by atoms with E-state index in [1.807, 2.05) is 50.2 Å². The molecule has 1 amide bonds. The van der Waals surface area contributed by atoms with Crippen molar-refractivity contribution in [2.45, 2.75) is 25.7 Å². The molecule has 1 atom stereocenters. The van der Waals surface area contributed by atoms with Gasteiger partial charge in [0.1, 0.15) is 0 Å². The van der Waals surface area contributed by atoms with E-state index >= 15 is 0 Å². The molecule has 0 fully saturated rings. The molecular formula is C17H15Cl2NO. The minimum absolute atomic E-state index is 0.0224. The lowest BCUT2D eigenvalue weighted by Gasteiger charge is -2.23. The molecule has 0 saturated heterocycles. The molecule has 2 aromatic carbocycles. The maximum absolute atomic E-state index is 12.5. The van der Waals surface area contributed by atoms with Crippen LogP contribution in [0.3, 0.4) is 0 Å². The summed E-state index contributed by atoms with van der Waals surface area (Å²) in [5.74, 6) is 0.0224. The number of para-hydroxylation sites is 1. The molecule has 1 aliphatic rings. The number of carbonyl (C=O) groups is 1. The third-order valence-corrected chi connectivity index (χ3v) is 4.92. The van der Waals surface area contributed by atoms with Crippen LogP contribution in [0.4, 0.5) is 5.69 Å². The average molecular weight is 320 g/mol. The SMILES string of the molecule is Cc1cc(Cl)c(Cl)cc1CC1(C)C(=O)Nc2ccccc21. The van der Waals surface area contributed by atoms with Gasteiger partial charge in [0, 0.05) is 5.69 Å². The summed E-state index contributed by atoms with van der Waals surface area (Å²) in [5, 5.41) is 4.02. The highest BCUT2D eigenvalue weighted by Crippen LogP contribution is 2.41. The summed E-state index contributed by atoms with van der Waals surface area (Å²) in [6.07, 6.45) is 0.596. The van der Waals surface area contributed by atoms with Crippen molar-refractivity contribution < 1.29 is 4.79 Å². The van der Waals surface area contributed by atoms with Crippen LogP contribution in [0.1, 0.15) is 23.6 Å². The van der Waals surface area contributed by atoms with E-state index in [9.17, 15) is 4.79 Å². The molecular weight excluding hydrogens is 305 g/mol. The van der Waals surface area contributed by atoms with Gasteiger partial charge >= 0.3 is 0 Å². The summed E-state index contributed by atoms with van der Waals surface area (Å²) in [6.45, 7) is 3.95. The molecule has 2 aromatic rings. The molecule has 0 bridgehead atoms. The molecule has 1 N–H and O–H groups in total. The van der Waals surface area contributed by atoms with Crippen molar-refractivity contribution in [2.24, 2.45) is 0 Å². The van der Waals surface area contributed by atoms with Gasteiger partial charge in [-0.25, -0.2) is 0 Å². The van der Waals surface area contributed by atoms with Gasteiger partial charge in [-0.15, -0.1) is 0 Å². The molecule has 1 heterocycles. The largest absolute Gasteiger partial charge is 0.325 e. The number of hydrogen-bond donors (Lipinski definition) is 1. The van der Waals surface area contributed by atoms with Gasteiger partial charge in [0.15, 0.2) is 0 Å². The number of hydrogen-bond acceptors (Lipinski definition) is 1. The summed E-state index contributed by atoms with van der Waals surface area (Å²) in [7, 11) is 0. The molecule has 0 radical (unpaired) electrons. The van der Waals surface area contributed by atoms with Crippen molar-refractivity contribution in [1.29, 1.82) is 0 Å². The predicted molar refractivity (Wildman–Crippen MR) is 87.3 cm³/mol. The molecule has 108 valence electrons. The van der Waals surface area contributed by atoms with Crippen LogP contribution in [-0.2, 0) is 16.6 Å². The summed E-state index contributed by atoms with van der Waals surface area (Å²) in [4.78, 5) is 12.5. The summed E-state index contributed by atoms with van der Waals surface area (Å²) >= 11 is 12.2. The Labute approximate surface area is 134 Å². The van der Waals surface area contributed by atoms with Crippen LogP contribution in [0, 0.1) is 6.92 Å². The summed E-state index contributed by atoms with van der Waals surface area (Å²) in [6, 6.07) is 11.5. The average Bonchev–Trinajstić information content (AvgIpc) is 2.69. The van der Waals surface area contributed by atoms with Gasteiger partial charge in [-0.3, -0.25) is 4.79 Å². The standard InChI is InChI=1S/C17H15Cl2NO/c1-10-7-13(18)14(19)8-11(10)9-17(2)12-5-3-4-6-15(12)20-16(17)21/h3-8H,9H2,1-2H3,(H,20,21). The van der Waals surface area contributed by atoms with E-state index in [4.69, 9.17) is 23.2 Å². The summed E-state index contributed by atoms with van der Waals surface area (Å²) < 4.78 is 0. The normalized spacial score (nSPS) is 20.3. The van der Waals surface area contributed by atoms with Crippen molar-refractivity contribution in [3.8, 4) is 0 Å². The van der Waals surface area contributed by atoms with E-state index in [0.29, 0.717) is 16.5 Å². The number of rotatable bonds is 2. The maximum Gasteiger partial charge on any atom is 0.235 e. The van der Waals surface area contributed by atoms with Crippen molar-refractivity contribution >= 4 is 34.8 Å². The quantitative estimate of drug-likeness (QED) is 0.850. The molecule has 4 heteroatoms. The Morgan fingerprint density at radius 1 is 1.14 bits per heavy atom. The second-order valence-electron chi connectivity index (χ2n) is 5.70. The number of anilines is 1. The lowest BCUT2D eigenvalue weighted by atomic mass is 9.77. The van der Waals surface area contributed by atoms with E-state index < -0.39 is 5.41 Å². The first-order chi connectivity index (χ1) is 9.91. The Bertz CT molecular complexity index is 742. The van der Waals surface area contributed by atoms with Crippen LogP contribution in [0.2, 0.25) is 10.0 Å². The number of carbonyl (C=O) groups excluding carboxylic acids is 1. The third kappa shape index (κ3) is 2.33. The molecule has 1 aliphatic heterocycles. The fraction of sp³-hybridized carbons (Fsp3) is 0.235. The molecule has 3 rings (SSSR count). The minimum Gasteiger partial charge on any atom is -0.325 e. The number of amides is 1. The lowest BCUT2D eigenvalue weighted by Crippen LogP contribution is -2.33. The molecule has 0 aliphatic carbocycles. The van der Waals surface area contributed by atoms with Crippen molar-refractivity contribution in [3.63, 3.8) is 0 Å². The molecule has 0 aromatic heterocycles. The zero-order valence-electron chi connectivity index (χ0n) is 11.8. The highest BCUT2D eigenvalue weighted by molar-refractivity contribution is 6.42. The topological polar surface area (TPSA) is 29.1 Å². The number of halogens is 2. The highest BCUT2D eigenvalue weighted by atomic mass is 35.5. The Morgan fingerprint density at radius 3 is 2.57 bits per heavy atom. The zero-order valence-corrected chi connectivity index (χ0v) is 13.3. The summed E-state index contributed by atoms with van der Waals surface area (Å²) in [5.41, 5.74) is 3.42. The van der Waals surface area contributed by atoms with E-state index in [0.717, 1.165) is 22.4 Å². The first kappa shape index (κ1) is 14.4. The monoisotopic (exact) mass is 319 g/mol. The molecule has 1 unspecified atom stereocenters. The molecule has 0 saturated carbocycles. The second kappa shape index (κ2) is 5.04. The smallest absolute Gasteiger partial charge is 0.235 e. The van der Waals surface area contributed by atoms with E-state index in [1.165, 1.54) is 0 Å². The van der Waals surface area contributed by atoms with Crippen LogP contribution in [-0.4, -0.2) is 5.91 Å². The predicted octanol–water partition coefficient (Wildman–Crippen LogP) is 4.75. The number of fused-ring (bicyclic) bond motifs is 1. The van der Waals surface area contributed by atoms with Gasteiger partial charge < -0.3 is 5.32 Å². The minimum atomic E-state index is -0.585. The van der Waals surface area contributed by atoms with E-state index in [2.05, 4.69) is 5.32 Å². The number of nitrogens with one attached hydrogen (secondary N) is 1. The number of benzene rings is 2. The van der Waals surface area contributed by atoms with E-state index in [1.54, 1.807) is 0 Å². The van der Waals surface area contributed by atoms with Gasteiger partial charge in [-0.1, -0.05) is 41.4 Å². The van der Waals surface area contributed by atoms with Gasteiger partial charge in [0.2, 0.25) is 5.91 Å². The Kier molecular flexibility index (Phi) is 3.46. The van der Waals surface area contributed by atoms with Gasteiger partial charge in [-0.05, 0) is 55.2 Å². The van der Waals surface area contributed by atoms with Crippen LogP contribution in [0.5, 0.6) is 0 Å². The highest BCUT2D eigenvalue weighted by Gasteiger charge is 2.42. The van der Waals surface area contributed by atoms with Crippen molar-refractivity contribution in [2.75, 3.05) is 5.32 Å². The number of aryl methyl sites for hydroxylation is 1. The Hall–Kier alpha value is -1.51. The van der Waals surface area contributed by atoms with Crippen LogP contribution in [0.25, 0.3) is 0 Å². The maximum atomic E-state index is 12.5. The van der Waals surface area contributed by atoms with Crippen molar-refractivity contribution in [1.82, 2.24) is 0 Å². The van der Waals surface area contributed by atoms with Gasteiger partial charge in [0.25, 0.3) is 0 Å². The second-order valence-corrected chi connectivity index (χ2v) is 6.52. The third-order valence-electron chi connectivity index (χ3n) is 4.19. The zero-order chi connectivity index (χ0) is 15.2. The first-order valence-corrected chi connectivity index (χ1v) is 7.53. The fourth-order valence-electron chi connectivity index (χ4n) is 2.89. The Balaban J connectivity index is 2.05. The van der Waals surface area contributed by atoms with Crippen LogP contribution in [0.15, 0.2) is 36.4 Å². The van der Waals surface area contributed by atoms with Gasteiger partial charge in [-0.2, -0.15) is 0 Å². The van der Waals surface area contributed by atoms with Gasteiger partial charge in [0.05, 0.1) is 15.5 Å². The Morgan fingerprint density at radius 2 is 1.81 bits per heavy atom. The lowest BCUT2D eigenvalue weighted by molar-refractivity contribution is -0.120. The van der Waals surface area contributed by atoms with Crippen LogP contribution < -0.4 is 5.32 Å².